The third kappa shape index (κ3) is 4.66. The van der Waals surface area contributed by atoms with E-state index in [9.17, 15) is 13.2 Å². The molecule has 0 bridgehead atoms. The van der Waals surface area contributed by atoms with Crippen LogP contribution in [-0.4, -0.2) is 43.3 Å². The molecule has 138 valence electrons. The normalized spacial score (nSPS) is 15.8. The van der Waals surface area contributed by atoms with Crippen LogP contribution in [0.3, 0.4) is 0 Å². The summed E-state index contributed by atoms with van der Waals surface area (Å²) in [6, 6.07) is 10.4. The smallest absolute Gasteiger partial charge is 0.255 e. The number of hydrogen-bond acceptors (Lipinski definition) is 5. The van der Waals surface area contributed by atoms with Gasteiger partial charge in [0.2, 0.25) is 10.0 Å². The summed E-state index contributed by atoms with van der Waals surface area (Å²) in [5.74, 6) is 0.0233. The van der Waals surface area contributed by atoms with Crippen LogP contribution >= 0.6 is 0 Å². The van der Waals surface area contributed by atoms with Crippen LogP contribution in [0.25, 0.3) is 0 Å². The fourth-order valence-corrected chi connectivity index (χ4v) is 3.53. The number of nitrogens with zero attached hydrogens (tertiary/aromatic N) is 2. The predicted octanol–water partition coefficient (Wildman–Crippen LogP) is 1.12. The number of nitrogens with one attached hydrogen (secondary N) is 1. The van der Waals surface area contributed by atoms with Gasteiger partial charge in [-0.25, -0.2) is 13.6 Å². The quantitative estimate of drug-likeness (QED) is 0.816. The van der Waals surface area contributed by atoms with E-state index in [4.69, 9.17) is 5.14 Å². The molecule has 2 heterocycles. The molecule has 1 aromatic carbocycles. The number of nitrogens with two attached hydrogens (primary N) is 1. The molecule has 1 aromatic heterocycles. The fourth-order valence-electron chi connectivity index (χ4n) is 3.02. The molecule has 0 saturated carbocycles. The van der Waals surface area contributed by atoms with E-state index in [1.165, 1.54) is 12.1 Å². The Balaban J connectivity index is 1.48. The Hall–Kier alpha value is -2.29. The van der Waals surface area contributed by atoms with Gasteiger partial charge in [-0.3, -0.25) is 9.78 Å². The van der Waals surface area contributed by atoms with Crippen LogP contribution in [0.2, 0.25) is 0 Å². The maximum Gasteiger partial charge on any atom is 0.255 e. The summed E-state index contributed by atoms with van der Waals surface area (Å²) >= 11 is 0. The van der Waals surface area contributed by atoms with Crippen LogP contribution in [0.1, 0.15) is 28.8 Å². The highest BCUT2D eigenvalue weighted by molar-refractivity contribution is 7.89. The zero-order valence-corrected chi connectivity index (χ0v) is 15.2. The van der Waals surface area contributed by atoms with Crippen molar-refractivity contribution in [3.63, 3.8) is 0 Å². The number of carbonyl (C=O) groups excluding carboxylic acids is 1. The predicted molar refractivity (Wildman–Crippen MR) is 97.8 cm³/mol. The number of piperidine rings is 1. The van der Waals surface area contributed by atoms with Crippen LogP contribution in [0, 0.1) is 0 Å². The Labute approximate surface area is 153 Å². The van der Waals surface area contributed by atoms with Gasteiger partial charge in [0.1, 0.15) is 0 Å². The van der Waals surface area contributed by atoms with E-state index in [1.807, 2.05) is 4.90 Å². The van der Waals surface area contributed by atoms with E-state index in [-0.39, 0.29) is 10.8 Å². The fraction of sp³-hybridized carbons (Fsp3) is 0.333. The Morgan fingerprint density at radius 2 is 1.88 bits per heavy atom. The molecule has 0 atom stereocenters. The molecule has 0 spiro atoms. The van der Waals surface area contributed by atoms with Crippen molar-refractivity contribution < 1.29 is 13.2 Å². The number of rotatable bonds is 5. The Bertz CT molecular complexity index is 846. The van der Waals surface area contributed by atoms with Gasteiger partial charge in [-0.15, -0.1) is 0 Å². The lowest BCUT2D eigenvalue weighted by molar-refractivity contribution is 0.0704. The van der Waals surface area contributed by atoms with Crippen molar-refractivity contribution in [2.45, 2.75) is 30.3 Å². The van der Waals surface area contributed by atoms with Gasteiger partial charge in [0.05, 0.1) is 10.5 Å². The van der Waals surface area contributed by atoms with Crippen molar-refractivity contribution in [1.82, 2.24) is 15.2 Å². The van der Waals surface area contributed by atoms with Crippen LogP contribution in [0.5, 0.6) is 0 Å². The zero-order valence-electron chi connectivity index (χ0n) is 14.3. The summed E-state index contributed by atoms with van der Waals surface area (Å²) in [7, 11) is -3.65. The molecule has 26 heavy (non-hydrogen) atoms. The molecule has 3 N–H and O–H groups in total. The van der Waals surface area contributed by atoms with Gasteiger partial charge in [-0.05, 0) is 42.7 Å². The molecule has 1 fully saturated rings. The molecule has 1 aliphatic rings. The number of carbonyl (C=O) groups is 1. The van der Waals surface area contributed by atoms with Crippen molar-refractivity contribution >= 4 is 15.9 Å². The van der Waals surface area contributed by atoms with Gasteiger partial charge in [-0.2, -0.15) is 0 Å². The van der Waals surface area contributed by atoms with Crippen LogP contribution < -0.4 is 10.5 Å². The molecule has 0 unspecified atom stereocenters. The molecule has 2 aromatic rings. The first-order valence-electron chi connectivity index (χ1n) is 8.48. The molecule has 1 amide bonds. The van der Waals surface area contributed by atoms with Gasteiger partial charge >= 0.3 is 0 Å². The largest absolute Gasteiger partial charge is 0.338 e. The van der Waals surface area contributed by atoms with Crippen molar-refractivity contribution in [1.29, 1.82) is 0 Å². The van der Waals surface area contributed by atoms with Crippen molar-refractivity contribution in [3.05, 3.63) is 59.9 Å². The summed E-state index contributed by atoms with van der Waals surface area (Å²) in [4.78, 5) is 18.4. The maximum atomic E-state index is 12.4. The van der Waals surface area contributed by atoms with E-state index < -0.39 is 10.0 Å². The molecular formula is C18H22N4O3S. The van der Waals surface area contributed by atoms with Crippen molar-refractivity contribution in [2.75, 3.05) is 13.1 Å². The molecule has 1 aliphatic heterocycles. The van der Waals surface area contributed by atoms with Gasteiger partial charge in [-0.1, -0.05) is 12.1 Å². The lowest BCUT2D eigenvalue weighted by Crippen LogP contribution is -2.44. The second kappa shape index (κ2) is 7.94. The molecule has 7 nitrogen and oxygen atoms in total. The molecule has 0 radical (unpaired) electrons. The number of amides is 1. The first-order valence-corrected chi connectivity index (χ1v) is 10.0. The van der Waals surface area contributed by atoms with Crippen LogP contribution in [0.4, 0.5) is 0 Å². The van der Waals surface area contributed by atoms with Gasteiger partial charge in [0.15, 0.2) is 0 Å². The number of primary sulfonamides is 1. The summed E-state index contributed by atoms with van der Waals surface area (Å²) in [6.45, 7) is 2.05. The first kappa shape index (κ1) is 18.5. The van der Waals surface area contributed by atoms with E-state index >= 15 is 0 Å². The minimum absolute atomic E-state index is 0.0233. The highest BCUT2D eigenvalue weighted by Crippen LogP contribution is 2.15. The average molecular weight is 374 g/mol. The van der Waals surface area contributed by atoms with Crippen molar-refractivity contribution in [3.8, 4) is 0 Å². The molecular weight excluding hydrogens is 352 g/mol. The number of likely N-dealkylation sites (tertiary alicyclic amines) is 1. The third-order valence-corrected chi connectivity index (χ3v) is 5.47. The lowest BCUT2D eigenvalue weighted by atomic mass is 10.0. The van der Waals surface area contributed by atoms with E-state index in [0.29, 0.717) is 31.2 Å². The topological polar surface area (TPSA) is 105 Å². The minimum atomic E-state index is -3.65. The highest BCUT2D eigenvalue weighted by atomic mass is 32.2. The average Bonchev–Trinajstić information content (AvgIpc) is 2.66. The molecule has 8 heteroatoms. The second-order valence-corrected chi connectivity index (χ2v) is 7.94. The van der Waals surface area contributed by atoms with Crippen LogP contribution in [0.15, 0.2) is 53.7 Å². The maximum absolute atomic E-state index is 12.4. The second-order valence-electron chi connectivity index (χ2n) is 6.38. The van der Waals surface area contributed by atoms with Gasteiger partial charge in [0.25, 0.3) is 5.91 Å². The third-order valence-electron chi connectivity index (χ3n) is 4.54. The lowest BCUT2D eigenvalue weighted by Gasteiger charge is -2.32. The Morgan fingerprint density at radius 1 is 1.19 bits per heavy atom. The summed E-state index contributed by atoms with van der Waals surface area (Å²) in [6.07, 6.45) is 5.00. The van der Waals surface area contributed by atoms with Gasteiger partial charge in [0, 0.05) is 38.1 Å². The number of hydrogen-bond donors (Lipinski definition) is 2. The number of sulfonamides is 1. The molecule has 3 rings (SSSR count). The van der Waals surface area contributed by atoms with Crippen molar-refractivity contribution in [2.24, 2.45) is 5.14 Å². The Kier molecular flexibility index (Phi) is 5.65. The van der Waals surface area contributed by atoms with E-state index in [1.54, 1.807) is 36.7 Å². The summed E-state index contributed by atoms with van der Waals surface area (Å²) < 4.78 is 22.5. The minimum Gasteiger partial charge on any atom is -0.338 e. The zero-order chi connectivity index (χ0) is 18.6. The van der Waals surface area contributed by atoms with Crippen LogP contribution in [-0.2, 0) is 16.6 Å². The monoisotopic (exact) mass is 374 g/mol. The summed E-state index contributed by atoms with van der Waals surface area (Å²) in [5, 5.41) is 8.56. The SMILES string of the molecule is NS(=O)(=O)c1ccc(CNC2CCN(C(=O)c3cccnc3)CC2)cc1. The van der Waals surface area contributed by atoms with E-state index in [2.05, 4.69) is 10.3 Å². The van der Waals surface area contributed by atoms with Gasteiger partial charge < -0.3 is 10.2 Å². The number of aromatic nitrogens is 1. The summed E-state index contributed by atoms with van der Waals surface area (Å²) in [5.41, 5.74) is 1.61. The number of pyridine rings is 1. The standard InChI is InChI=1S/C18H22N4O3S/c19-26(24,25)17-5-3-14(4-6-17)12-21-16-7-10-22(11-8-16)18(23)15-2-1-9-20-13-15/h1-6,9,13,16,21H,7-8,10-12H2,(H2,19,24,25). The first-order chi connectivity index (χ1) is 12.4. The Morgan fingerprint density at radius 3 is 2.46 bits per heavy atom. The van der Waals surface area contributed by atoms with E-state index in [0.717, 1.165) is 18.4 Å². The number of benzene rings is 1. The highest BCUT2D eigenvalue weighted by Gasteiger charge is 2.23. The molecule has 1 saturated heterocycles. The molecule has 0 aliphatic carbocycles.